The third-order valence-electron chi connectivity index (χ3n) is 6.67. The van der Waals surface area contributed by atoms with Crippen LogP contribution in [0.4, 0.5) is 11.4 Å². The summed E-state index contributed by atoms with van der Waals surface area (Å²) in [6.07, 6.45) is 0. The predicted molar refractivity (Wildman–Crippen MR) is 135 cm³/mol. The lowest BCUT2D eigenvalue weighted by Gasteiger charge is -2.30. The maximum atomic E-state index is 13.5. The van der Waals surface area contributed by atoms with Crippen LogP contribution in [0.3, 0.4) is 0 Å². The molecule has 4 rings (SSSR count). The Morgan fingerprint density at radius 1 is 0.921 bits per heavy atom. The molecule has 2 aromatic carbocycles. The number of hydrogen-bond donors (Lipinski definition) is 1. The van der Waals surface area contributed by atoms with Crippen LogP contribution in [0, 0.1) is 20.2 Å². The van der Waals surface area contributed by atoms with E-state index in [1.54, 1.807) is 6.92 Å². The minimum atomic E-state index is -1.46. The molecule has 2 aliphatic rings. The van der Waals surface area contributed by atoms with Crippen LogP contribution < -0.4 is 5.32 Å². The summed E-state index contributed by atoms with van der Waals surface area (Å²) in [6, 6.07) is 11.4. The molecule has 12 nitrogen and oxygen atoms in total. The normalized spacial score (nSPS) is 17.1. The Morgan fingerprint density at radius 3 is 1.95 bits per heavy atom. The first kappa shape index (κ1) is 26.5. The lowest BCUT2D eigenvalue weighted by molar-refractivity contribution is -0.395. The summed E-state index contributed by atoms with van der Waals surface area (Å²) in [5, 5.41) is 26.8. The van der Waals surface area contributed by atoms with Gasteiger partial charge in [-0.25, -0.2) is 9.59 Å². The summed E-state index contributed by atoms with van der Waals surface area (Å²) in [5.41, 5.74) is 0.994. The van der Waals surface area contributed by atoms with Gasteiger partial charge < -0.3 is 14.8 Å². The van der Waals surface area contributed by atoms with Crippen molar-refractivity contribution in [3.63, 3.8) is 0 Å². The van der Waals surface area contributed by atoms with Crippen molar-refractivity contribution in [2.45, 2.75) is 32.9 Å². The van der Waals surface area contributed by atoms with E-state index >= 15 is 0 Å². The minimum Gasteiger partial charge on any atom is -0.466 e. The number of carbonyl (C=O) groups excluding carboxylic acids is 2. The molecule has 0 aliphatic carbocycles. The second-order valence-corrected chi connectivity index (χ2v) is 8.97. The number of nitrogens with zero attached hydrogens (tertiary/aromatic N) is 3. The fourth-order valence-corrected chi connectivity index (χ4v) is 5.00. The average molecular weight is 523 g/mol. The van der Waals surface area contributed by atoms with Crippen LogP contribution in [-0.4, -0.2) is 46.9 Å². The summed E-state index contributed by atoms with van der Waals surface area (Å²) >= 11 is 0. The zero-order chi connectivity index (χ0) is 27.6. The van der Waals surface area contributed by atoms with Crippen LogP contribution in [0.1, 0.15) is 36.5 Å². The van der Waals surface area contributed by atoms with Gasteiger partial charge in [0.05, 0.1) is 34.0 Å². The van der Waals surface area contributed by atoms with Crippen molar-refractivity contribution in [1.82, 2.24) is 10.2 Å². The number of allylic oxidation sites excluding steroid dienone is 2. The van der Waals surface area contributed by atoms with Gasteiger partial charge in [-0.1, -0.05) is 24.3 Å². The van der Waals surface area contributed by atoms with E-state index in [-0.39, 0.29) is 29.1 Å². The molecule has 38 heavy (non-hydrogen) atoms. The van der Waals surface area contributed by atoms with Gasteiger partial charge >= 0.3 is 11.9 Å². The average Bonchev–Trinajstić information content (AvgIpc) is 3.30. The lowest BCUT2D eigenvalue weighted by Crippen LogP contribution is -2.33. The van der Waals surface area contributed by atoms with Crippen LogP contribution in [-0.2, 0) is 32.2 Å². The quantitative estimate of drug-likeness (QED) is 0.310. The first-order chi connectivity index (χ1) is 18.1. The number of rotatable bonds is 8. The highest BCUT2D eigenvalue weighted by Gasteiger charge is 2.44. The molecule has 2 heterocycles. The zero-order valence-corrected chi connectivity index (χ0v) is 21.1. The van der Waals surface area contributed by atoms with Crippen molar-refractivity contribution in [2.75, 3.05) is 20.3 Å². The van der Waals surface area contributed by atoms with E-state index < -0.39 is 44.6 Å². The van der Waals surface area contributed by atoms with Gasteiger partial charge in [0.2, 0.25) is 0 Å². The van der Waals surface area contributed by atoms with E-state index in [0.29, 0.717) is 19.6 Å². The number of benzene rings is 2. The van der Waals surface area contributed by atoms with Crippen LogP contribution in [0.15, 0.2) is 65.0 Å². The molecule has 12 heteroatoms. The maximum absolute atomic E-state index is 13.5. The summed E-state index contributed by atoms with van der Waals surface area (Å²) in [5.74, 6) is -3.20. The van der Waals surface area contributed by atoms with Gasteiger partial charge in [-0.3, -0.25) is 25.1 Å². The lowest BCUT2D eigenvalue weighted by atomic mass is 9.79. The number of nitrogens with one attached hydrogen (secondary N) is 1. The van der Waals surface area contributed by atoms with Gasteiger partial charge in [0, 0.05) is 43.2 Å². The molecule has 0 amide bonds. The molecule has 0 aromatic heterocycles. The number of hydrogen-bond acceptors (Lipinski definition) is 10. The Labute approximate surface area is 217 Å². The number of carbonyl (C=O) groups is 2. The number of nitro benzene ring substituents is 2. The second kappa shape index (κ2) is 10.8. The molecule has 2 aromatic rings. The molecule has 0 radical (unpaired) electrons. The molecule has 1 N–H and O–H groups in total. The van der Waals surface area contributed by atoms with Crippen molar-refractivity contribution >= 4 is 23.3 Å². The first-order valence-electron chi connectivity index (χ1n) is 11.8. The minimum absolute atomic E-state index is 0.00551. The van der Waals surface area contributed by atoms with Crippen LogP contribution in [0.5, 0.6) is 0 Å². The van der Waals surface area contributed by atoms with E-state index in [9.17, 15) is 29.8 Å². The van der Waals surface area contributed by atoms with E-state index in [4.69, 9.17) is 9.47 Å². The highest BCUT2D eigenvalue weighted by Crippen LogP contribution is 2.46. The number of ether oxygens (including phenoxy) is 2. The fourth-order valence-electron chi connectivity index (χ4n) is 5.00. The van der Waals surface area contributed by atoms with Crippen LogP contribution in [0.2, 0.25) is 0 Å². The summed E-state index contributed by atoms with van der Waals surface area (Å²) in [4.78, 5) is 50.7. The van der Waals surface area contributed by atoms with E-state index in [2.05, 4.69) is 10.2 Å². The van der Waals surface area contributed by atoms with E-state index in [0.717, 1.165) is 19.2 Å². The van der Waals surface area contributed by atoms with Gasteiger partial charge in [0.15, 0.2) is 0 Å². The van der Waals surface area contributed by atoms with E-state index in [1.807, 2.05) is 24.3 Å². The monoisotopic (exact) mass is 522 g/mol. The fraction of sp³-hybridized carbons (Fsp3) is 0.308. The second-order valence-electron chi connectivity index (χ2n) is 8.97. The molecule has 0 fully saturated rings. The zero-order valence-electron chi connectivity index (χ0n) is 21.1. The molecule has 1 atom stereocenters. The Hall–Kier alpha value is -4.58. The first-order valence-corrected chi connectivity index (χ1v) is 11.8. The molecule has 0 saturated heterocycles. The number of esters is 2. The highest BCUT2D eigenvalue weighted by atomic mass is 16.6. The Kier molecular flexibility index (Phi) is 7.53. The van der Waals surface area contributed by atoms with Crippen molar-refractivity contribution in [3.8, 4) is 0 Å². The summed E-state index contributed by atoms with van der Waals surface area (Å²) in [6.45, 7) is 4.91. The number of methoxy groups -OCH3 is 1. The molecule has 2 aliphatic heterocycles. The van der Waals surface area contributed by atoms with Gasteiger partial charge in [0.25, 0.3) is 11.4 Å². The van der Waals surface area contributed by atoms with Crippen molar-refractivity contribution in [3.05, 3.63) is 102 Å². The molecule has 0 saturated carbocycles. The Balaban J connectivity index is 1.69. The molecule has 0 spiro atoms. The number of dihydropyridines is 1. The summed E-state index contributed by atoms with van der Waals surface area (Å²) < 4.78 is 10.5. The molecule has 0 bridgehead atoms. The topological polar surface area (TPSA) is 154 Å². The molecule has 198 valence electrons. The van der Waals surface area contributed by atoms with Gasteiger partial charge in [-0.15, -0.1) is 0 Å². The number of nitro groups is 2. The maximum Gasteiger partial charge on any atom is 0.336 e. The predicted octanol–water partition coefficient (Wildman–Crippen LogP) is 3.47. The smallest absolute Gasteiger partial charge is 0.336 e. The third-order valence-corrected chi connectivity index (χ3v) is 6.67. The molecular weight excluding hydrogens is 496 g/mol. The standard InChI is InChI=1S/C26H26N4O8/c1-15-21(25(31)37-3)24(23-19(29(33)34)9-6-10-20(23)30(35)36)22(16(2)27-15)26(32)38-12-11-28-13-17-7-4-5-8-18(17)14-28/h4-10,24,27H,11-14H2,1-3H3. The Bertz CT molecular complexity index is 1340. The number of fused-ring (bicyclic) bond motifs is 1. The van der Waals surface area contributed by atoms with E-state index in [1.165, 1.54) is 24.1 Å². The van der Waals surface area contributed by atoms with Crippen LogP contribution in [0.25, 0.3) is 0 Å². The molecule has 1 unspecified atom stereocenters. The van der Waals surface area contributed by atoms with Gasteiger partial charge in [-0.05, 0) is 31.0 Å². The summed E-state index contributed by atoms with van der Waals surface area (Å²) in [7, 11) is 1.12. The molecular formula is C26H26N4O8. The van der Waals surface area contributed by atoms with Gasteiger partial charge in [-0.2, -0.15) is 0 Å². The Morgan fingerprint density at radius 2 is 1.45 bits per heavy atom. The van der Waals surface area contributed by atoms with Crippen molar-refractivity contribution < 1.29 is 28.9 Å². The highest BCUT2D eigenvalue weighted by molar-refractivity contribution is 6.00. The van der Waals surface area contributed by atoms with Crippen LogP contribution >= 0.6 is 0 Å². The van der Waals surface area contributed by atoms with Crippen molar-refractivity contribution in [2.24, 2.45) is 0 Å². The third kappa shape index (κ3) is 4.98. The largest absolute Gasteiger partial charge is 0.466 e. The van der Waals surface area contributed by atoms with Crippen molar-refractivity contribution in [1.29, 1.82) is 0 Å². The SMILES string of the molecule is COC(=O)C1=C(C)NC(C)=C(C(=O)OCCN2Cc3ccccc3C2)C1c1c([N+](=O)[O-])cccc1[N+](=O)[O-]. The van der Waals surface area contributed by atoms with Gasteiger partial charge in [0.1, 0.15) is 12.2 Å².